The van der Waals surface area contributed by atoms with Crippen LogP contribution >= 0.6 is 0 Å². The lowest BCUT2D eigenvalue weighted by Gasteiger charge is -2.35. The lowest BCUT2D eigenvalue weighted by molar-refractivity contribution is -0.141. The summed E-state index contributed by atoms with van der Waals surface area (Å²) in [5.41, 5.74) is 5.45. The molecule has 1 aliphatic rings. The Morgan fingerprint density at radius 3 is 2.38 bits per heavy atom. The summed E-state index contributed by atoms with van der Waals surface area (Å²) in [5.74, 6) is 1.06. The molecule has 0 bridgehead atoms. The van der Waals surface area contributed by atoms with Crippen LogP contribution in [0.2, 0.25) is 0 Å². The van der Waals surface area contributed by atoms with E-state index in [4.69, 9.17) is 5.73 Å². The van der Waals surface area contributed by atoms with E-state index in [0.717, 1.165) is 31.7 Å². The Labute approximate surface area is 123 Å². The normalized spacial score (nSPS) is 23.1. The smallest absolute Gasteiger partial charge is 0.356 e. The van der Waals surface area contributed by atoms with Gasteiger partial charge in [-0.05, 0) is 37.7 Å². The molecule has 1 heterocycles. The maximum absolute atomic E-state index is 12.8. The quantitative estimate of drug-likeness (QED) is 0.928. The molecule has 1 fully saturated rings. The van der Waals surface area contributed by atoms with Crippen LogP contribution in [0.25, 0.3) is 0 Å². The summed E-state index contributed by atoms with van der Waals surface area (Å²) in [6.45, 7) is 2.40. The molecular weight excluding hydrogens is 279 g/mol. The maximum Gasteiger partial charge on any atom is 0.433 e. The molecule has 0 unspecified atom stereocenters. The van der Waals surface area contributed by atoms with Crippen molar-refractivity contribution in [1.82, 2.24) is 4.98 Å². The molecule has 21 heavy (non-hydrogen) atoms. The summed E-state index contributed by atoms with van der Waals surface area (Å²) in [6.07, 6.45) is -0.249. The fourth-order valence-electron chi connectivity index (χ4n) is 2.90. The number of halogens is 3. The van der Waals surface area contributed by atoms with Gasteiger partial charge in [-0.3, -0.25) is 0 Å². The van der Waals surface area contributed by atoms with Gasteiger partial charge in [-0.15, -0.1) is 0 Å². The zero-order valence-electron chi connectivity index (χ0n) is 12.5. The SMILES string of the molecule is CC1CCC(N(C)c2nc(C(F)(F)F)ccc2CN)CC1. The number of rotatable bonds is 3. The second kappa shape index (κ2) is 6.22. The van der Waals surface area contributed by atoms with E-state index in [0.29, 0.717) is 17.3 Å². The highest BCUT2D eigenvalue weighted by molar-refractivity contribution is 5.48. The van der Waals surface area contributed by atoms with E-state index in [1.54, 1.807) is 0 Å². The predicted octanol–water partition coefficient (Wildman–Crippen LogP) is 3.57. The molecule has 0 aliphatic heterocycles. The van der Waals surface area contributed by atoms with Gasteiger partial charge in [-0.25, -0.2) is 4.98 Å². The van der Waals surface area contributed by atoms with Gasteiger partial charge in [0.15, 0.2) is 0 Å². The van der Waals surface area contributed by atoms with E-state index in [9.17, 15) is 13.2 Å². The molecule has 0 amide bonds. The van der Waals surface area contributed by atoms with Crippen LogP contribution in [0, 0.1) is 5.92 Å². The molecule has 0 spiro atoms. The minimum Gasteiger partial charge on any atom is -0.356 e. The van der Waals surface area contributed by atoms with Crippen molar-refractivity contribution in [3.8, 4) is 0 Å². The Kier molecular flexibility index (Phi) is 4.76. The Morgan fingerprint density at radius 2 is 1.86 bits per heavy atom. The minimum absolute atomic E-state index is 0.188. The van der Waals surface area contributed by atoms with Crippen LogP contribution in [0.4, 0.5) is 19.0 Å². The molecule has 1 aromatic heterocycles. The van der Waals surface area contributed by atoms with E-state index in [-0.39, 0.29) is 12.6 Å². The molecule has 6 heteroatoms. The molecule has 2 rings (SSSR count). The first-order valence-corrected chi connectivity index (χ1v) is 7.33. The zero-order chi connectivity index (χ0) is 15.6. The highest BCUT2D eigenvalue weighted by Crippen LogP contribution is 2.33. The summed E-state index contributed by atoms with van der Waals surface area (Å²) in [6, 6.07) is 2.68. The number of hydrogen-bond acceptors (Lipinski definition) is 3. The Bertz CT molecular complexity index is 480. The second-order valence-corrected chi connectivity index (χ2v) is 5.91. The van der Waals surface area contributed by atoms with Crippen LogP contribution in [0.5, 0.6) is 0 Å². The van der Waals surface area contributed by atoms with E-state index in [1.807, 2.05) is 11.9 Å². The number of alkyl halides is 3. The maximum atomic E-state index is 12.8. The zero-order valence-corrected chi connectivity index (χ0v) is 12.5. The van der Waals surface area contributed by atoms with Crippen LogP contribution in [0.1, 0.15) is 43.9 Å². The predicted molar refractivity (Wildman–Crippen MR) is 77.0 cm³/mol. The summed E-state index contributed by atoms with van der Waals surface area (Å²) in [5, 5.41) is 0. The molecule has 0 atom stereocenters. The van der Waals surface area contributed by atoms with Crippen molar-refractivity contribution >= 4 is 5.82 Å². The third kappa shape index (κ3) is 3.67. The molecule has 0 radical (unpaired) electrons. The fraction of sp³-hybridized carbons (Fsp3) is 0.667. The number of pyridine rings is 1. The molecule has 0 saturated heterocycles. The Hall–Kier alpha value is -1.30. The van der Waals surface area contributed by atoms with Crippen molar-refractivity contribution < 1.29 is 13.2 Å². The third-order valence-corrected chi connectivity index (χ3v) is 4.33. The van der Waals surface area contributed by atoms with Crippen LogP contribution < -0.4 is 10.6 Å². The van der Waals surface area contributed by atoms with Crippen molar-refractivity contribution in [2.45, 2.75) is 51.4 Å². The highest BCUT2D eigenvalue weighted by atomic mass is 19.4. The molecule has 1 aliphatic carbocycles. The molecule has 1 aromatic rings. The number of aromatic nitrogens is 1. The first-order valence-electron chi connectivity index (χ1n) is 7.33. The van der Waals surface area contributed by atoms with Gasteiger partial charge in [-0.2, -0.15) is 13.2 Å². The first kappa shape index (κ1) is 16.1. The van der Waals surface area contributed by atoms with Crippen molar-refractivity contribution in [3.63, 3.8) is 0 Å². The van der Waals surface area contributed by atoms with Crippen molar-refractivity contribution in [1.29, 1.82) is 0 Å². The molecular formula is C15H22F3N3. The van der Waals surface area contributed by atoms with Gasteiger partial charge in [0.1, 0.15) is 11.5 Å². The standard InChI is InChI=1S/C15H22F3N3/c1-10-3-6-12(7-4-10)21(2)14-11(9-19)5-8-13(20-14)15(16,17)18/h5,8,10,12H,3-4,6-7,9,19H2,1-2H3. The lowest BCUT2D eigenvalue weighted by Crippen LogP contribution is -2.36. The van der Waals surface area contributed by atoms with Crippen molar-refractivity contribution in [3.05, 3.63) is 23.4 Å². The van der Waals surface area contributed by atoms with E-state index < -0.39 is 11.9 Å². The molecule has 0 aromatic carbocycles. The third-order valence-electron chi connectivity index (χ3n) is 4.33. The van der Waals surface area contributed by atoms with Crippen LogP contribution in [0.15, 0.2) is 12.1 Å². The van der Waals surface area contributed by atoms with Gasteiger partial charge in [0.05, 0.1) is 0 Å². The minimum atomic E-state index is -4.43. The highest BCUT2D eigenvalue weighted by Gasteiger charge is 2.34. The number of nitrogens with zero attached hydrogens (tertiary/aromatic N) is 2. The van der Waals surface area contributed by atoms with Crippen LogP contribution in [-0.2, 0) is 12.7 Å². The average Bonchev–Trinajstić information content (AvgIpc) is 2.45. The summed E-state index contributed by atoms with van der Waals surface area (Å²) in [4.78, 5) is 5.71. The van der Waals surface area contributed by atoms with Gasteiger partial charge < -0.3 is 10.6 Å². The summed E-state index contributed by atoms with van der Waals surface area (Å²) >= 11 is 0. The lowest BCUT2D eigenvalue weighted by atomic mass is 9.86. The fourth-order valence-corrected chi connectivity index (χ4v) is 2.90. The average molecular weight is 301 g/mol. The van der Waals surface area contributed by atoms with E-state index in [2.05, 4.69) is 11.9 Å². The topological polar surface area (TPSA) is 42.2 Å². The molecule has 3 nitrogen and oxygen atoms in total. The first-order chi connectivity index (χ1) is 9.82. The largest absolute Gasteiger partial charge is 0.433 e. The van der Waals surface area contributed by atoms with Gasteiger partial charge in [-0.1, -0.05) is 13.0 Å². The summed E-state index contributed by atoms with van der Waals surface area (Å²) < 4.78 is 38.5. The van der Waals surface area contributed by atoms with E-state index >= 15 is 0 Å². The number of hydrogen-bond donors (Lipinski definition) is 1. The molecule has 118 valence electrons. The van der Waals surface area contributed by atoms with Gasteiger partial charge in [0, 0.05) is 25.2 Å². The van der Waals surface area contributed by atoms with Gasteiger partial charge in [0.2, 0.25) is 0 Å². The number of anilines is 1. The monoisotopic (exact) mass is 301 g/mol. The number of nitrogens with two attached hydrogens (primary N) is 1. The summed E-state index contributed by atoms with van der Waals surface area (Å²) in [7, 11) is 1.82. The van der Waals surface area contributed by atoms with E-state index in [1.165, 1.54) is 6.07 Å². The van der Waals surface area contributed by atoms with Crippen LogP contribution in [-0.4, -0.2) is 18.1 Å². The van der Waals surface area contributed by atoms with Crippen LogP contribution in [0.3, 0.4) is 0 Å². The Balaban J connectivity index is 2.27. The van der Waals surface area contributed by atoms with Crippen molar-refractivity contribution in [2.24, 2.45) is 11.7 Å². The van der Waals surface area contributed by atoms with Gasteiger partial charge in [0.25, 0.3) is 0 Å². The van der Waals surface area contributed by atoms with Gasteiger partial charge >= 0.3 is 6.18 Å². The van der Waals surface area contributed by atoms with Crippen molar-refractivity contribution in [2.75, 3.05) is 11.9 Å². The Morgan fingerprint density at radius 1 is 1.24 bits per heavy atom. The molecule has 1 saturated carbocycles. The molecule has 2 N–H and O–H groups in total. The second-order valence-electron chi connectivity index (χ2n) is 5.91.